The van der Waals surface area contributed by atoms with E-state index in [2.05, 4.69) is 109 Å². The summed E-state index contributed by atoms with van der Waals surface area (Å²) in [5.41, 5.74) is 8.48. The van der Waals surface area contributed by atoms with Crippen LogP contribution in [0.5, 0.6) is 5.75 Å². The summed E-state index contributed by atoms with van der Waals surface area (Å²) in [6, 6.07) is 21.7. The molecule has 3 rings (SSSR count). The first-order chi connectivity index (χ1) is 17.1. The lowest BCUT2D eigenvalue weighted by Gasteiger charge is -2.35. The van der Waals surface area contributed by atoms with E-state index in [1.807, 2.05) is 7.05 Å². The molecule has 0 aromatic heterocycles. The molecule has 0 aliphatic heterocycles. The number of ether oxygens (including phenoxy) is 2. The van der Waals surface area contributed by atoms with Crippen molar-refractivity contribution in [3.8, 4) is 5.75 Å². The van der Waals surface area contributed by atoms with Crippen molar-refractivity contribution in [3.63, 3.8) is 0 Å². The lowest BCUT2D eigenvalue weighted by atomic mass is 9.82. The van der Waals surface area contributed by atoms with Crippen molar-refractivity contribution in [3.05, 3.63) is 94.0 Å². The quantitative estimate of drug-likeness (QED) is 0.170. The molecule has 0 radical (unpaired) electrons. The number of aliphatic imine (C=N–C) groups is 1. The second-order valence-electron chi connectivity index (χ2n) is 10.7. The van der Waals surface area contributed by atoms with Crippen molar-refractivity contribution in [1.82, 2.24) is 0 Å². The van der Waals surface area contributed by atoms with E-state index in [1.165, 1.54) is 27.6 Å². The van der Waals surface area contributed by atoms with Gasteiger partial charge in [0, 0.05) is 36.0 Å². The molecule has 3 aromatic rings. The molecule has 4 heteroatoms. The number of aryl methyl sites for hydroxylation is 2. The summed E-state index contributed by atoms with van der Waals surface area (Å²) < 4.78 is 11.5. The zero-order valence-corrected chi connectivity index (χ0v) is 24.5. The van der Waals surface area contributed by atoms with E-state index in [0.29, 0.717) is 8.58 Å². The zero-order valence-electron chi connectivity index (χ0n) is 23.5. The minimum absolute atomic E-state index is 0.0419. The topological polar surface area (TPSA) is 30.8 Å². The summed E-state index contributed by atoms with van der Waals surface area (Å²) in [6.07, 6.45) is 0.986. The van der Waals surface area contributed by atoms with E-state index in [4.69, 9.17) is 14.5 Å². The molecule has 0 N–H and O–H groups in total. The van der Waals surface area contributed by atoms with Crippen LogP contribution in [0.15, 0.2) is 65.7 Å². The number of hydrogen-bond donors (Lipinski definition) is 0. The molecule has 0 saturated carbocycles. The Labute approximate surface area is 220 Å². The summed E-state index contributed by atoms with van der Waals surface area (Å²) >= 11 is 0. The van der Waals surface area contributed by atoms with Crippen LogP contribution in [0.25, 0.3) is 0 Å². The molecule has 0 heterocycles. The van der Waals surface area contributed by atoms with Crippen molar-refractivity contribution in [2.24, 2.45) is 4.99 Å². The molecule has 3 aromatic carbocycles. The van der Waals surface area contributed by atoms with Crippen LogP contribution < -0.4 is 10.0 Å². The van der Waals surface area contributed by atoms with E-state index in [9.17, 15) is 0 Å². The second-order valence-corrected chi connectivity index (χ2v) is 12.6. The van der Waals surface area contributed by atoms with Crippen molar-refractivity contribution in [2.75, 3.05) is 21.0 Å². The van der Waals surface area contributed by atoms with Crippen LogP contribution in [0.2, 0.25) is 0 Å². The van der Waals surface area contributed by atoms with E-state index in [-0.39, 0.29) is 17.4 Å². The summed E-state index contributed by atoms with van der Waals surface area (Å²) in [7, 11) is 4.11. The lowest BCUT2D eigenvalue weighted by molar-refractivity contribution is 0.0495. The Bertz CT molecular complexity index is 1210. The minimum Gasteiger partial charge on any atom is -0.467 e. The van der Waals surface area contributed by atoms with Crippen LogP contribution in [0.1, 0.15) is 74.4 Å². The molecular formula is C32H42NO2P. The Balaban J connectivity index is 2.21. The molecule has 0 aliphatic rings. The number of methoxy groups -OCH3 is 1. The minimum atomic E-state index is -0.120. The Morgan fingerprint density at radius 3 is 2.19 bits per heavy atom. The van der Waals surface area contributed by atoms with Gasteiger partial charge in [0.15, 0.2) is 6.79 Å². The average molecular weight is 504 g/mol. The molecule has 0 aliphatic carbocycles. The van der Waals surface area contributed by atoms with Gasteiger partial charge in [-0.25, -0.2) is 0 Å². The van der Waals surface area contributed by atoms with Gasteiger partial charge in [0.25, 0.3) is 0 Å². The van der Waals surface area contributed by atoms with Gasteiger partial charge >= 0.3 is 0 Å². The molecule has 36 heavy (non-hydrogen) atoms. The summed E-state index contributed by atoms with van der Waals surface area (Å²) in [6.45, 7) is 16.1. The molecule has 0 bridgehead atoms. The highest BCUT2D eigenvalue weighted by Gasteiger charge is 2.33. The fourth-order valence-electron chi connectivity index (χ4n) is 4.58. The number of rotatable bonds is 9. The van der Waals surface area contributed by atoms with Crippen LogP contribution in [0, 0.1) is 13.8 Å². The van der Waals surface area contributed by atoms with Crippen LogP contribution >= 0.6 is 8.58 Å². The van der Waals surface area contributed by atoms with Gasteiger partial charge in [-0.05, 0) is 47.7 Å². The molecule has 0 fully saturated rings. The molecule has 0 saturated heterocycles. The molecule has 3 nitrogen and oxygen atoms in total. The van der Waals surface area contributed by atoms with Gasteiger partial charge in [0.2, 0.25) is 0 Å². The van der Waals surface area contributed by atoms with Crippen molar-refractivity contribution < 1.29 is 9.47 Å². The third-order valence-corrected chi connectivity index (χ3v) is 9.05. The third-order valence-electron chi connectivity index (χ3n) is 6.96. The van der Waals surface area contributed by atoms with Crippen LogP contribution in [-0.4, -0.2) is 26.7 Å². The van der Waals surface area contributed by atoms with E-state index in [0.717, 1.165) is 29.0 Å². The summed E-state index contributed by atoms with van der Waals surface area (Å²) in [4.78, 5) is 4.76. The van der Waals surface area contributed by atoms with Crippen LogP contribution in [0.3, 0.4) is 0 Å². The maximum atomic E-state index is 6.23. The SMILES string of the molecule is CCC(C)(Pc1c(C)cccc1/C(=N/C)c1ccccc1)c1cc(C(C)(C)C)cc(C)c1OCOC. The fourth-order valence-corrected chi connectivity index (χ4v) is 6.25. The predicted molar refractivity (Wildman–Crippen MR) is 157 cm³/mol. The van der Waals surface area contributed by atoms with E-state index >= 15 is 0 Å². The van der Waals surface area contributed by atoms with Crippen LogP contribution in [0.4, 0.5) is 0 Å². The molecule has 192 valence electrons. The molecule has 2 atom stereocenters. The van der Waals surface area contributed by atoms with Gasteiger partial charge in [0.05, 0.1) is 5.71 Å². The van der Waals surface area contributed by atoms with Crippen molar-refractivity contribution in [2.45, 2.75) is 65.5 Å². The Hall–Kier alpha value is -2.48. The van der Waals surface area contributed by atoms with Gasteiger partial charge in [-0.3, -0.25) is 4.99 Å². The first-order valence-corrected chi connectivity index (χ1v) is 13.7. The number of benzene rings is 3. The zero-order chi connectivity index (χ0) is 26.5. The first kappa shape index (κ1) is 28.1. The normalized spacial score (nSPS) is 14.3. The molecule has 2 unspecified atom stereocenters. The maximum Gasteiger partial charge on any atom is 0.188 e. The van der Waals surface area contributed by atoms with Crippen molar-refractivity contribution >= 4 is 19.6 Å². The lowest BCUT2D eigenvalue weighted by Crippen LogP contribution is -2.25. The monoisotopic (exact) mass is 503 g/mol. The predicted octanol–water partition coefficient (Wildman–Crippen LogP) is 7.68. The standard InChI is InChI=1S/C32H42NO2P/c1-10-32(7,27-20-25(31(4,5)6)19-23(3)29(27)35-21-34-9)36-30-22(2)15-14-18-26(30)28(33-8)24-16-12-11-13-17-24/h11-20,36H,10,21H2,1-9H3/b33-28+. The third kappa shape index (κ3) is 6.07. The van der Waals surface area contributed by atoms with Gasteiger partial charge in [-0.1, -0.05) is 104 Å². The van der Waals surface area contributed by atoms with Gasteiger partial charge in [-0.2, -0.15) is 0 Å². The van der Waals surface area contributed by atoms with Gasteiger partial charge < -0.3 is 9.47 Å². The maximum absolute atomic E-state index is 6.23. The van der Waals surface area contributed by atoms with Gasteiger partial charge in [0.1, 0.15) is 5.75 Å². The molecule has 0 amide bonds. The van der Waals surface area contributed by atoms with Gasteiger partial charge in [-0.15, -0.1) is 0 Å². The van der Waals surface area contributed by atoms with Crippen molar-refractivity contribution in [1.29, 1.82) is 0 Å². The fraction of sp³-hybridized carbons (Fsp3) is 0.406. The number of nitrogens with zero attached hydrogens (tertiary/aromatic N) is 1. The average Bonchev–Trinajstić information content (AvgIpc) is 2.85. The highest BCUT2D eigenvalue weighted by atomic mass is 31.1. The summed E-state index contributed by atoms with van der Waals surface area (Å²) in [5.74, 6) is 0.948. The Kier molecular flexibility index (Phi) is 9.14. The molecular weight excluding hydrogens is 461 g/mol. The Morgan fingerprint density at radius 1 is 0.917 bits per heavy atom. The Morgan fingerprint density at radius 2 is 1.61 bits per heavy atom. The highest BCUT2D eigenvalue weighted by Crippen LogP contribution is 2.50. The van der Waals surface area contributed by atoms with E-state index < -0.39 is 0 Å². The number of hydrogen-bond acceptors (Lipinski definition) is 3. The van der Waals surface area contributed by atoms with Crippen LogP contribution in [-0.2, 0) is 15.3 Å². The van der Waals surface area contributed by atoms with E-state index in [1.54, 1.807) is 7.11 Å². The first-order valence-electron chi connectivity index (χ1n) is 12.7. The second kappa shape index (κ2) is 11.7. The largest absolute Gasteiger partial charge is 0.467 e. The molecule has 0 spiro atoms. The highest BCUT2D eigenvalue weighted by molar-refractivity contribution is 7.49. The summed E-state index contributed by atoms with van der Waals surface area (Å²) in [5, 5.41) is 1.24. The smallest absolute Gasteiger partial charge is 0.188 e.